The maximum atomic E-state index is 12.8. The minimum atomic E-state index is -0.117. The molecule has 0 bridgehead atoms. The van der Waals surface area contributed by atoms with Gasteiger partial charge in [-0.2, -0.15) is 10.2 Å². The van der Waals surface area contributed by atoms with E-state index >= 15 is 0 Å². The Balaban J connectivity index is 1.10. The van der Waals surface area contributed by atoms with Crippen molar-refractivity contribution in [3.05, 3.63) is 58.3 Å². The molecule has 1 aliphatic carbocycles. The number of hydrogen-bond donors (Lipinski definition) is 2. The summed E-state index contributed by atoms with van der Waals surface area (Å²) in [6, 6.07) is 4.20. The summed E-state index contributed by atoms with van der Waals surface area (Å²) in [5.74, 6) is 0.920. The van der Waals surface area contributed by atoms with Crippen molar-refractivity contribution in [2.45, 2.75) is 52.1 Å². The van der Waals surface area contributed by atoms with Gasteiger partial charge in [-0.1, -0.05) is 6.07 Å². The largest absolute Gasteiger partial charge is 0.381 e. The van der Waals surface area contributed by atoms with Gasteiger partial charge in [-0.05, 0) is 56.7 Å². The molecule has 2 saturated heterocycles. The molecule has 0 aromatic carbocycles. The minimum absolute atomic E-state index is 0.0460. The first-order valence-electron chi connectivity index (χ1n) is 12.2. The first-order valence-corrected chi connectivity index (χ1v) is 12.2. The number of nitrogens with one attached hydrogen (secondary N) is 2. The Morgan fingerprint density at radius 1 is 1.32 bits per heavy atom. The highest BCUT2D eigenvalue weighted by Crippen LogP contribution is 2.39. The summed E-state index contributed by atoms with van der Waals surface area (Å²) in [6.07, 6.45) is 7.59. The van der Waals surface area contributed by atoms with Gasteiger partial charge in [0, 0.05) is 42.7 Å². The molecule has 2 aliphatic heterocycles. The first kappa shape index (κ1) is 21.3. The number of nitrogens with zero attached hydrogens (tertiary/aromatic N) is 5. The fourth-order valence-electron chi connectivity index (χ4n) is 5.65. The molecule has 3 aliphatic rings. The quantitative estimate of drug-likeness (QED) is 0.606. The summed E-state index contributed by atoms with van der Waals surface area (Å²) in [4.78, 5) is 20.1. The van der Waals surface area contributed by atoms with Gasteiger partial charge < -0.3 is 15.0 Å². The lowest BCUT2D eigenvalue weighted by molar-refractivity contribution is 0.0936. The second-order valence-corrected chi connectivity index (χ2v) is 10.1. The van der Waals surface area contributed by atoms with Gasteiger partial charge in [-0.15, -0.1) is 0 Å². The molecule has 3 aromatic heterocycles. The van der Waals surface area contributed by atoms with Gasteiger partial charge >= 0.3 is 0 Å². The summed E-state index contributed by atoms with van der Waals surface area (Å²) in [5.41, 5.74) is 6.25. The van der Waals surface area contributed by atoms with E-state index in [9.17, 15) is 4.79 Å². The number of carbonyl (C=O) groups is 1. The van der Waals surface area contributed by atoms with E-state index in [0.29, 0.717) is 17.5 Å². The number of ether oxygens (including phenoxy) is 1. The van der Waals surface area contributed by atoms with Crippen LogP contribution < -0.4 is 10.2 Å². The molecule has 5 heterocycles. The Kier molecular flexibility index (Phi) is 5.17. The van der Waals surface area contributed by atoms with Crippen molar-refractivity contribution in [1.82, 2.24) is 30.3 Å². The summed E-state index contributed by atoms with van der Waals surface area (Å²) in [7, 11) is 0. The molecule has 0 saturated carbocycles. The Morgan fingerprint density at radius 2 is 2.24 bits per heavy atom. The monoisotopic (exact) mass is 461 g/mol. The lowest BCUT2D eigenvalue weighted by atomic mass is 9.87. The summed E-state index contributed by atoms with van der Waals surface area (Å²) >= 11 is 0. The van der Waals surface area contributed by atoms with Gasteiger partial charge in [-0.25, -0.2) is 4.98 Å². The SMILES string of the molecule is Cc1nc(N2CCC3(CCOC3)C2)ccc1Cn1cc(C(=O)N[C@@H]2CCc3c2n[nH]c3C)cn1. The van der Waals surface area contributed by atoms with E-state index in [0.717, 1.165) is 74.0 Å². The molecule has 178 valence electrons. The Hall–Kier alpha value is -3.20. The lowest BCUT2D eigenvalue weighted by Crippen LogP contribution is -2.28. The number of anilines is 1. The van der Waals surface area contributed by atoms with Gasteiger partial charge in [0.25, 0.3) is 5.91 Å². The van der Waals surface area contributed by atoms with Gasteiger partial charge in [0.05, 0.1) is 36.6 Å². The molecule has 3 aromatic rings. The second kappa shape index (κ2) is 8.23. The predicted molar refractivity (Wildman–Crippen MR) is 127 cm³/mol. The number of aryl methyl sites for hydroxylation is 2. The third-order valence-electron chi connectivity index (χ3n) is 7.78. The first-order chi connectivity index (χ1) is 16.5. The zero-order valence-corrected chi connectivity index (χ0v) is 19.8. The van der Waals surface area contributed by atoms with Crippen LogP contribution in [0.3, 0.4) is 0 Å². The Bertz CT molecular complexity index is 1220. The number of fused-ring (bicyclic) bond motifs is 1. The van der Waals surface area contributed by atoms with Crippen molar-refractivity contribution >= 4 is 11.7 Å². The third-order valence-corrected chi connectivity index (χ3v) is 7.78. The third kappa shape index (κ3) is 3.77. The fourth-order valence-corrected chi connectivity index (χ4v) is 5.65. The van der Waals surface area contributed by atoms with Crippen LogP contribution in [0.15, 0.2) is 24.5 Å². The van der Waals surface area contributed by atoms with Crippen molar-refractivity contribution in [1.29, 1.82) is 0 Å². The van der Waals surface area contributed by atoms with E-state index in [2.05, 4.69) is 37.6 Å². The van der Waals surface area contributed by atoms with E-state index in [1.165, 1.54) is 12.0 Å². The van der Waals surface area contributed by atoms with Crippen LogP contribution in [0.5, 0.6) is 0 Å². The smallest absolute Gasteiger partial charge is 0.255 e. The highest BCUT2D eigenvalue weighted by atomic mass is 16.5. The van der Waals surface area contributed by atoms with Gasteiger partial charge in [-0.3, -0.25) is 14.6 Å². The molecular weight excluding hydrogens is 430 g/mol. The minimum Gasteiger partial charge on any atom is -0.381 e. The fraction of sp³-hybridized carbons (Fsp3) is 0.520. The average Bonchev–Trinajstić information content (AvgIpc) is 3.64. The molecule has 1 spiro atoms. The van der Waals surface area contributed by atoms with Gasteiger partial charge in [0.2, 0.25) is 0 Å². The van der Waals surface area contributed by atoms with E-state index in [1.54, 1.807) is 17.1 Å². The van der Waals surface area contributed by atoms with Gasteiger partial charge in [0.15, 0.2) is 0 Å². The number of aromatic nitrogens is 5. The molecule has 1 amide bonds. The van der Waals surface area contributed by atoms with E-state index in [1.807, 2.05) is 13.8 Å². The summed E-state index contributed by atoms with van der Waals surface area (Å²) in [6.45, 7) is 8.46. The molecule has 9 nitrogen and oxygen atoms in total. The normalized spacial score (nSPS) is 23.7. The van der Waals surface area contributed by atoms with Crippen LogP contribution in [0.4, 0.5) is 5.82 Å². The molecule has 2 atom stereocenters. The van der Waals surface area contributed by atoms with E-state index in [-0.39, 0.29) is 11.9 Å². The van der Waals surface area contributed by atoms with Crippen molar-refractivity contribution < 1.29 is 9.53 Å². The van der Waals surface area contributed by atoms with Crippen molar-refractivity contribution in [2.75, 3.05) is 31.2 Å². The van der Waals surface area contributed by atoms with Crippen molar-refractivity contribution in [2.24, 2.45) is 5.41 Å². The van der Waals surface area contributed by atoms with Crippen LogP contribution >= 0.6 is 0 Å². The number of H-pyrrole nitrogens is 1. The molecule has 9 heteroatoms. The standard InChI is InChI=1S/C25H31N7O2/c1-16-18(3-6-22(27-16)31-9-7-25(14-31)8-10-34-15-25)12-32-13-19(11-26-32)24(33)28-21-5-4-20-17(2)29-30-23(20)21/h3,6,11,13,21H,4-5,7-10,12,14-15H2,1-2H3,(H,28,33)(H,29,30)/t21-,25?/m1/s1. The number of aromatic amines is 1. The molecular formula is C25H31N7O2. The van der Waals surface area contributed by atoms with Crippen molar-refractivity contribution in [3.63, 3.8) is 0 Å². The van der Waals surface area contributed by atoms with Crippen LogP contribution in [-0.4, -0.2) is 57.2 Å². The van der Waals surface area contributed by atoms with E-state index < -0.39 is 0 Å². The maximum absolute atomic E-state index is 12.8. The molecule has 1 unspecified atom stereocenters. The van der Waals surface area contributed by atoms with Crippen LogP contribution in [-0.2, 0) is 17.7 Å². The highest BCUT2D eigenvalue weighted by Gasteiger charge is 2.41. The lowest BCUT2D eigenvalue weighted by Gasteiger charge is -2.23. The number of hydrogen-bond acceptors (Lipinski definition) is 6. The van der Waals surface area contributed by atoms with E-state index in [4.69, 9.17) is 9.72 Å². The Morgan fingerprint density at radius 3 is 3.06 bits per heavy atom. The molecule has 6 rings (SSSR count). The van der Waals surface area contributed by atoms with Crippen LogP contribution in [0, 0.1) is 19.3 Å². The van der Waals surface area contributed by atoms with Crippen LogP contribution in [0.25, 0.3) is 0 Å². The number of pyridine rings is 1. The zero-order chi connectivity index (χ0) is 23.3. The molecule has 0 radical (unpaired) electrons. The van der Waals surface area contributed by atoms with Crippen LogP contribution in [0.2, 0.25) is 0 Å². The number of carbonyl (C=O) groups excluding carboxylic acids is 1. The molecule has 2 N–H and O–H groups in total. The van der Waals surface area contributed by atoms with Crippen molar-refractivity contribution in [3.8, 4) is 0 Å². The summed E-state index contributed by atoms with van der Waals surface area (Å²) in [5, 5.41) is 14.9. The maximum Gasteiger partial charge on any atom is 0.255 e. The molecule has 34 heavy (non-hydrogen) atoms. The topological polar surface area (TPSA) is 101 Å². The number of amides is 1. The zero-order valence-electron chi connectivity index (χ0n) is 19.8. The number of rotatable bonds is 5. The summed E-state index contributed by atoms with van der Waals surface area (Å²) < 4.78 is 7.46. The average molecular weight is 462 g/mol. The van der Waals surface area contributed by atoms with Crippen LogP contribution in [0.1, 0.15) is 63.9 Å². The Labute approximate surface area is 198 Å². The highest BCUT2D eigenvalue weighted by molar-refractivity contribution is 5.94. The second-order valence-electron chi connectivity index (χ2n) is 10.1. The molecule has 2 fully saturated rings. The van der Waals surface area contributed by atoms with Gasteiger partial charge in [0.1, 0.15) is 5.82 Å². The predicted octanol–water partition coefficient (Wildman–Crippen LogP) is 2.70.